The quantitative estimate of drug-likeness (QED) is 0.182. The van der Waals surface area contributed by atoms with E-state index in [1.54, 1.807) is 0 Å². The lowest BCUT2D eigenvalue weighted by Crippen LogP contribution is -2.17. The molecule has 0 saturated heterocycles. The van der Waals surface area contributed by atoms with Gasteiger partial charge in [0.05, 0.1) is 28.0 Å². The summed E-state index contributed by atoms with van der Waals surface area (Å²) in [5.41, 5.74) is 13.3. The monoisotopic (exact) mass is 803 g/mol. The van der Waals surface area contributed by atoms with Gasteiger partial charge in [-0.3, -0.25) is 9.55 Å². The van der Waals surface area contributed by atoms with Crippen molar-refractivity contribution in [3.05, 3.63) is 193 Å². The Morgan fingerprint density at radius 2 is 1.06 bits per heavy atom. The van der Waals surface area contributed by atoms with Crippen LogP contribution in [0.1, 0.15) is 52.7 Å². The molecule has 0 radical (unpaired) electrons. The zero-order chi connectivity index (χ0) is 42.8. The van der Waals surface area contributed by atoms with Gasteiger partial charge in [-0.1, -0.05) is 187 Å². The van der Waals surface area contributed by atoms with E-state index in [9.17, 15) is 5.11 Å². The van der Waals surface area contributed by atoms with Crippen LogP contribution in [-0.2, 0) is 10.8 Å². The van der Waals surface area contributed by atoms with E-state index in [0.29, 0.717) is 11.4 Å². The number of para-hydroxylation sites is 2. The first-order chi connectivity index (χ1) is 29.9. The SMILES string of the molecule is CC(C)(C)c1cc(-c2nc3c(-c4cc(-c5cc6ccccc6cn5)cc5ccccc45)cccc3n2-c2c(-c3ccccc3)cccc2-c2ccccc2)c(O)c(C(C)(C)C)c1. The largest absolute Gasteiger partial charge is 0.507 e. The highest BCUT2D eigenvalue weighted by Gasteiger charge is 2.30. The van der Waals surface area contributed by atoms with Crippen LogP contribution >= 0.6 is 0 Å². The first-order valence-electron chi connectivity index (χ1n) is 21.5. The third-order valence-electron chi connectivity index (χ3n) is 12.2. The average Bonchev–Trinajstić information content (AvgIpc) is 3.67. The van der Waals surface area contributed by atoms with Gasteiger partial charge in [0.2, 0.25) is 0 Å². The first kappa shape index (κ1) is 38.9. The maximum Gasteiger partial charge on any atom is 0.149 e. The standard InChI is InChI=1S/C58H49N3O/c1-57(2,3)43-34-49(55(62)50(35-43)58(4,5)6)56-60-53-47(48-32-42(31-40-24-15-16-26-44(40)48)51-33-39-23-13-14-25-41(39)36-59-51)29-18-30-52(53)61(56)54-45(37-19-9-7-10-20-37)27-17-28-46(54)38-21-11-8-12-22-38/h7-36,62H,1-6H3. The number of rotatable bonds is 6. The molecule has 1 N–H and O–H groups in total. The minimum Gasteiger partial charge on any atom is -0.507 e. The van der Waals surface area contributed by atoms with Crippen LogP contribution in [0.5, 0.6) is 5.75 Å². The van der Waals surface area contributed by atoms with Crippen LogP contribution < -0.4 is 0 Å². The van der Waals surface area contributed by atoms with Gasteiger partial charge < -0.3 is 5.11 Å². The molecule has 10 aromatic rings. The van der Waals surface area contributed by atoms with Gasteiger partial charge >= 0.3 is 0 Å². The smallest absolute Gasteiger partial charge is 0.149 e. The summed E-state index contributed by atoms with van der Waals surface area (Å²) in [6, 6.07) is 62.3. The van der Waals surface area contributed by atoms with Crippen molar-refractivity contribution >= 4 is 32.6 Å². The molecule has 0 amide bonds. The Morgan fingerprint density at radius 1 is 0.468 bits per heavy atom. The lowest BCUT2D eigenvalue weighted by Gasteiger charge is -2.28. The van der Waals surface area contributed by atoms with Crippen LogP contribution in [0.2, 0.25) is 0 Å². The van der Waals surface area contributed by atoms with Gasteiger partial charge in [0.1, 0.15) is 11.6 Å². The maximum atomic E-state index is 12.6. The summed E-state index contributed by atoms with van der Waals surface area (Å²) in [5.74, 6) is 0.927. The molecule has 0 bridgehead atoms. The van der Waals surface area contributed by atoms with Gasteiger partial charge in [-0.25, -0.2) is 4.98 Å². The Labute approximate surface area is 363 Å². The molecule has 0 atom stereocenters. The Balaban J connectivity index is 1.35. The van der Waals surface area contributed by atoms with Crippen LogP contribution in [0, 0.1) is 0 Å². The van der Waals surface area contributed by atoms with Crippen molar-refractivity contribution < 1.29 is 5.11 Å². The van der Waals surface area contributed by atoms with Crippen LogP contribution in [0.25, 0.3) is 94.3 Å². The molecule has 10 rings (SSSR count). The number of imidazole rings is 1. The predicted molar refractivity (Wildman–Crippen MR) is 260 cm³/mol. The third kappa shape index (κ3) is 6.82. The molecule has 2 aromatic heterocycles. The molecule has 62 heavy (non-hydrogen) atoms. The summed E-state index contributed by atoms with van der Waals surface area (Å²) in [7, 11) is 0. The second-order valence-corrected chi connectivity index (χ2v) is 18.5. The molecule has 4 nitrogen and oxygen atoms in total. The minimum atomic E-state index is -0.338. The van der Waals surface area contributed by atoms with Crippen molar-refractivity contribution in [3.8, 4) is 67.5 Å². The fourth-order valence-corrected chi connectivity index (χ4v) is 8.94. The van der Waals surface area contributed by atoms with Crippen LogP contribution in [0.4, 0.5) is 0 Å². The van der Waals surface area contributed by atoms with Crippen molar-refractivity contribution in [3.63, 3.8) is 0 Å². The number of pyridine rings is 1. The lowest BCUT2D eigenvalue weighted by atomic mass is 9.79. The summed E-state index contributed by atoms with van der Waals surface area (Å²) in [6.45, 7) is 13.2. The van der Waals surface area contributed by atoms with Crippen molar-refractivity contribution in [1.29, 1.82) is 0 Å². The zero-order valence-corrected chi connectivity index (χ0v) is 36.1. The van der Waals surface area contributed by atoms with Gasteiger partial charge in [0, 0.05) is 39.4 Å². The van der Waals surface area contributed by atoms with Crippen molar-refractivity contribution in [2.24, 2.45) is 0 Å². The molecule has 0 spiro atoms. The second kappa shape index (κ2) is 15.0. The topological polar surface area (TPSA) is 50.9 Å². The number of nitrogens with zero attached hydrogens (tertiary/aromatic N) is 3. The molecule has 0 unspecified atom stereocenters. The molecule has 0 fully saturated rings. The predicted octanol–water partition coefficient (Wildman–Crippen LogP) is 15.4. The normalized spacial score (nSPS) is 12.1. The number of aromatic nitrogens is 3. The maximum absolute atomic E-state index is 12.6. The highest BCUT2D eigenvalue weighted by atomic mass is 16.3. The van der Waals surface area contributed by atoms with Crippen LogP contribution in [0.3, 0.4) is 0 Å². The Hall–Kier alpha value is -7.30. The van der Waals surface area contributed by atoms with E-state index in [2.05, 4.69) is 222 Å². The van der Waals surface area contributed by atoms with E-state index in [-0.39, 0.29) is 16.6 Å². The number of hydrogen-bond acceptors (Lipinski definition) is 3. The van der Waals surface area contributed by atoms with E-state index in [0.717, 1.165) is 94.0 Å². The Kier molecular flexibility index (Phi) is 9.41. The number of phenols is 1. The molecule has 0 aliphatic heterocycles. The molecular weight excluding hydrogens is 755 g/mol. The fourth-order valence-electron chi connectivity index (χ4n) is 8.94. The molecule has 0 aliphatic carbocycles. The highest BCUT2D eigenvalue weighted by Crippen LogP contribution is 2.47. The molecule has 8 aromatic carbocycles. The number of hydrogen-bond donors (Lipinski definition) is 1. The van der Waals surface area contributed by atoms with E-state index < -0.39 is 0 Å². The highest BCUT2D eigenvalue weighted by molar-refractivity contribution is 6.07. The van der Waals surface area contributed by atoms with Gasteiger partial charge in [-0.05, 0) is 79.6 Å². The molecule has 2 heterocycles. The molecule has 302 valence electrons. The van der Waals surface area contributed by atoms with Crippen molar-refractivity contribution in [2.45, 2.75) is 52.4 Å². The Bertz CT molecular complexity index is 3250. The summed E-state index contributed by atoms with van der Waals surface area (Å²) in [4.78, 5) is 10.7. The van der Waals surface area contributed by atoms with E-state index in [4.69, 9.17) is 9.97 Å². The van der Waals surface area contributed by atoms with Gasteiger partial charge in [0.25, 0.3) is 0 Å². The summed E-state index contributed by atoms with van der Waals surface area (Å²) in [6.07, 6.45) is 1.97. The first-order valence-corrected chi connectivity index (χ1v) is 21.5. The van der Waals surface area contributed by atoms with Crippen molar-refractivity contribution in [1.82, 2.24) is 14.5 Å². The van der Waals surface area contributed by atoms with Crippen LogP contribution in [0.15, 0.2) is 182 Å². The average molecular weight is 804 g/mol. The van der Waals surface area contributed by atoms with Gasteiger partial charge in [0.15, 0.2) is 0 Å². The van der Waals surface area contributed by atoms with E-state index in [1.807, 2.05) is 6.20 Å². The summed E-state index contributed by atoms with van der Waals surface area (Å²) >= 11 is 0. The van der Waals surface area contributed by atoms with Crippen LogP contribution in [-0.4, -0.2) is 19.6 Å². The summed E-state index contributed by atoms with van der Waals surface area (Å²) in [5, 5.41) is 17.2. The molecular formula is C58H49N3O. The number of aromatic hydroxyl groups is 1. The number of benzene rings is 8. The third-order valence-corrected chi connectivity index (χ3v) is 12.2. The lowest BCUT2D eigenvalue weighted by molar-refractivity contribution is 0.446. The second-order valence-electron chi connectivity index (χ2n) is 18.5. The molecule has 4 heteroatoms. The Morgan fingerprint density at radius 3 is 1.73 bits per heavy atom. The number of phenolic OH excluding ortho intramolecular Hbond substituents is 1. The van der Waals surface area contributed by atoms with Gasteiger partial charge in [-0.15, -0.1) is 0 Å². The van der Waals surface area contributed by atoms with E-state index in [1.165, 1.54) is 0 Å². The van der Waals surface area contributed by atoms with Crippen molar-refractivity contribution in [2.75, 3.05) is 0 Å². The fraction of sp³-hybridized carbons (Fsp3) is 0.138. The molecule has 0 saturated carbocycles. The minimum absolute atomic E-state index is 0.197. The van der Waals surface area contributed by atoms with Gasteiger partial charge in [-0.2, -0.15) is 0 Å². The van der Waals surface area contributed by atoms with E-state index >= 15 is 0 Å². The molecule has 0 aliphatic rings. The zero-order valence-electron chi connectivity index (χ0n) is 36.1. The summed E-state index contributed by atoms with van der Waals surface area (Å²) < 4.78 is 2.31. The number of fused-ring (bicyclic) bond motifs is 3.